The van der Waals surface area contributed by atoms with E-state index in [0.717, 1.165) is 29.8 Å². The molecule has 0 unspecified atom stereocenters. The van der Waals surface area contributed by atoms with Crippen molar-refractivity contribution >= 4 is 34.1 Å². The molecular weight excluding hydrogens is 748 g/mol. The average molecular weight is 803 g/mol. The fraction of sp³-hybridized carbons (Fsp3) is 0.429. The topological polar surface area (TPSA) is 238 Å². The second kappa shape index (κ2) is 18.3. The van der Waals surface area contributed by atoms with Gasteiger partial charge >= 0.3 is 5.69 Å². The maximum atomic E-state index is 11.3. The quantitative estimate of drug-likeness (QED) is 0.102. The van der Waals surface area contributed by atoms with Crippen LogP contribution >= 0.6 is 0 Å². The number of hydrogen-bond acceptors (Lipinski definition) is 12. The van der Waals surface area contributed by atoms with Crippen LogP contribution in [0.3, 0.4) is 0 Å². The number of azo groups is 1. The van der Waals surface area contributed by atoms with Gasteiger partial charge in [0.15, 0.2) is 5.69 Å². The molecule has 0 amide bonds. The van der Waals surface area contributed by atoms with E-state index in [-0.39, 0.29) is 50.2 Å². The maximum absolute atomic E-state index is 11.3. The maximum Gasteiger partial charge on any atom is 0.303 e. The molecule has 16 heteroatoms. The Balaban J connectivity index is 0.000000335. The number of nitrogens with zero attached hydrogens (tertiary/aromatic N) is 6. The number of non-ortho nitro benzene ring substituents is 2. The molecule has 0 aromatic heterocycles. The van der Waals surface area contributed by atoms with Crippen LogP contribution < -0.4 is 0 Å². The highest BCUT2D eigenvalue weighted by Crippen LogP contribution is 2.43. The number of phenolic OH excluding ortho intramolecular Hbond substituents is 2. The van der Waals surface area contributed by atoms with Crippen LogP contribution in [0.4, 0.5) is 34.1 Å². The predicted octanol–water partition coefficient (Wildman–Crippen LogP) is 12.3. The van der Waals surface area contributed by atoms with Crippen molar-refractivity contribution in [2.75, 3.05) is 0 Å². The normalized spacial score (nSPS) is 11.9. The molecule has 0 atom stereocenters. The van der Waals surface area contributed by atoms with Gasteiger partial charge < -0.3 is 10.2 Å². The summed E-state index contributed by atoms with van der Waals surface area (Å²) in [5, 5.41) is 71.4. The Kier molecular flexibility index (Phi) is 15.1. The van der Waals surface area contributed by atoms with Crippen molar-refractivity contribution in [1.82, 2.24) is 0 Å². The molecule has 0 aliphatic carbocycles. The fourth-order valence-electron chi connectivity index (χ4n) is 5.28. The highest BCUT2D eigenvalue weighted by Gasteiger charge is 2.26. The molecule has 2 N–H and O–H groups in total. The lowest BCUT2D eigenvalue weighted by atomic mass is 9.80. The molecule has 0 aliphatic heterocycles. The van der Waals surface area contributed by atoms with Crippen LogP contribution in [0.5, 0.6) is 11.5 Å². The minimum Gasteiger partial charge on any atom is -0.508 e. The van der Waals surface area contributed by atoms with Crippen LogP contribution in [0.15, 0.2) is 77.0 Å². The molecule has 4 rings (SSSR count). The van der Waals surface area contributed by atoms with Crippen LogP contribution in [-0.4, -0.2) is 29.9 Å². The van der Waals surface area contributed by atoms with Crippen molar-refractivity contribution in [3.8, 4) is 11.5 Å². The lowest BCUT2D eigenvalue weighted by Crippen LogP contribution is -2.16. The SMILES string of the molecule is CC(C)(C)c1cc(N=Nc2ccc([N+](=O)[O-])cc2[N+](=O)[O-])c(O)c(C(C)(C)C)c1.CC(C)(C)c1cc(O)cc(C(C)(C)C)c1.CCc1ccc([N+](=O)[O-])cc1[N+](=O)[O-]. The lowest BCUT2D eigenvalue weighted by molar-refractivity contribution is -0.394. The highest BCUT2D eigenvalue weighted by atomic mass is 16.6. The van der Waals surface area contributed by atoms with E-state index >= 15 is 0 Å². The summed E-state index contributed by atoms with van der Waals surface area (Å²) in [5.74, 6) is 0.311. The third kappa shape index (κ3) is 13.1. The summed E-state index contributed by atoms with van der Waals surface area (Å²) < 4.78 is 0. The van der Waals surface area contributed by atoms with Gasteiger partial charge in [0, 0.05) is 23.3 Å². The number of hydrogen-bond donors (Lipinski definition) is 2. The molecule has 0 saturated carbocycles. The van der Waals surface area contributed by atoms with Crippen LogP contribution in [-0.2, 0) is 28.1 Å². The fourth-order valence-corrected chi connectivity index (χ4v) is 5.28. The zero-order chi connectivity index (χ0) is 44.7. The molecule has 16 nitrogen and oxygen atoms in total. The Morgan fingerprint density at radius 1 is 0.500 bits per heavy atom. The highest BCUT2D eigenvalue weighted by molar-refractivity contribution is 5.63. The van der Waals surface area contributed by atoms with Crippen molar-refractivity contribution < 1.29 is 29.9 Å². The van der Waals surface area contributed by atoms with Crippen LogP contribution in [0, 0.1) is 40.5 Å². The summed E-state index contributed by atoms with van der Waals surface area (Å²) in [7, 11) is 0. The zero-order valence-electron chi connectivity index (χ0n) is 35.4. The van der Waals surface area contributed by atoms with E-state index < -0.39 is 31.1 Å². The van der Waals surface area contributed by atoms with Gasteiger partial charge in [0.05, 0.1) is 31.8 Å². The summed E-state index contributed by atoms with van der Waals surface area (Å²) in [4.78, 5) is 40.3. The summed E-state index contributed by atoms with van der Waals surface area (Å²) >= 11 is 0. The first-order valence-electron chi connectivity index (χ1n) is 18.4. The second-order valence-corrected chi connectivity index (χ2v) is 17.7. The average Bonchev–Trinajstić information content (AvgIpc) is 3.09. The van der Waals surface area contributed by atoms with Gasteiger partial charge in [-0.25, -0.2) is 0 Å². The molecule has 4 aromatic carbocycles. The molecule has 0 aliphatic rings. The van der Waals surface area contributed by atoms with E-state index in [2.05, 4.69) is 57.8 Å². The first-order chi connectivity index (χ1) is 26.4. The van der Waals surface area contributed by atoms with E-state index in [1.54, 1.807) is 13.0 Å². The van der Waals surface area contributed by atoms with E-state index in [9.17, 15) is 50.7 Å². The van der Waals surface area contributed by atoms with Gasteiger partial charge in [-0.2, -0.15) is 0 Å². The predicted molar refractivity (Wildman–Crippen MR) is 224 cm³/mol. The lowest BCUT2D eigenvalue weighted by Gasteiger charge is -2.26. The van der Waals surface area contributed by atoms with Gasteiger partial charge in [-0.1, -0.05) is 102 Å². The minimum atomic E-state index is -0.757. The third-order valence-electron chi connectivity index (χ3n) is 8.90. The Morgan fingerprint density at radius 3 is 1.31 bits per heavy atom. The van der Waals surface area contributed by atoms with Gasteiger partial charge in [0.1, 0.15) is 17.2 Å². The number of rotatable bonds is 7. The van der Waals surface area contributed by atoms with Crippen molar-refractivity contribution in [3.63, 3.8) is 0 Å². The van der Waals surface area contributed by atoms with Gasteiger partial charge in [0.25, 0.3) is 17.1 Å². The molecule has 312 valence electrons. The number of aryl methyl sites for hydroxylation is 1. The van der Waals surface area contributed by atoms with E-state index in [0.29, 0.717) is 23.3 Å². The molecule has 0 spiro atoms. The molecule has 4 aromatic rings. The van der Waals surface area contributed by atoms with Crippen molar-refractivity contribution in [3.05, 3.63) is 135 Å². The monoisotopic (exact) mass is 802 g/mol. The van der Waals surface area contributed by atoms with Gasteiger partial charge in [-0.05, 0) is 75.1 Å². The largest absolute Gasteiger partial charge is 0.508 e. The Morgan fingerprint density at radius 2 is 0.914 bits per heavy atom. The Labute approximate surface area is 338 Å². The second-order valence-electron chi connectivity index (χ2n) is 17.7. The van der Waals surface area contributed by atoms with Gasteiger partial charge in [-0.3, -0.25) is 40.5 Å². The molecule has 0 bridgehead atoms. The molecule has 0 saturated heterocycles. The molecule has 0 radical (unpaired) electrons. The van der Waals surface area contributed by atoms with Crippen LogP contribution in [0.2, 0.25) is 0 Å². The standard InChI is InChI=1S/C20H24N4O5.C14H22O.C8H8N2O4/c1-19(2,3)12-9-14(20(4,5)6)18(25)16(10-12)22-21-15-8-7-13(23(26)27)11-17(15)24(28)29;1-13(2,3)10-7-11(14(4,5)6)9-12(15)8-10;1-2-6-3-4-7(9(11)12)5-8(6)10(13)14/h7-11,25H,1-6H3;7-9,15H,1-6H3;3-5H,2H2,1H3. The number of nitro groups is 4. The Bertz CT molecular complexity index is 2170. The zero-order valence-corrected chi connectivity index (χ0v) is 35.4. The molecule has 58 heavy (non-hydrogen) atoms. The molecule has 0 heterocycles. The Hall–Kier alpha value is -6.32. The molecular formula is C42H54N6O10. The van der Waals surface area contributed by atoms with Crippen LogP contribution in [0.1, 0.15) is 118 Å². The number of nitro benzene ring substituents is 4. The summed E-state index contributed by atoms with van der Waals surface area (Å²) in [6, 6.07) is 16.3. The first kappa shape index (κ1) is 47.8. The molecule has 0 fully saturated rings. The third-order valence-corrected chi connectivity index (χ3v) is 8.90. The van der Waals surface area contributed by atoms with Crippen molar-refractivity contribution in [2.45, 2.75) is 118 Å². The summed E-state index contributed by atoms with van der Waals surface area (Å²) in [6.45, 7) is 26.7. The first-order valence-corrected chi connectivity index (χ1v) is 18.4. The summed E-state index contributed by atoms with van der Waals surface area (Å²) in [5.41, 5.74) is 2.69. The van der Waals surface area contributed by atoms with Crippen molar-refractivity contribution in [2.24, 2.45) is 10.2 Å². The smallest absolute Gasteiger partial charge is 0.303 e. The number of phenols is 2. The van der Waals surface area contributed by atoms with E-state index in [4.69, 9.17) is 0 Å². The van der Waals surface area contributed by atoms with E-state index in [1.807, 2.05) is 59.7 Å². The van der Waals surface area contributed by atoms with Crippen LogP contribution in [0.25, 0.3) is 0 Å². The summed E-state index contributed by atoms with van der Waals surface area (Å²) in [6.07, 6.45) is 0.480. The number of aromatic hydroxyl groups is 2. The number of benzene rings is 4. The van der Waals surface area contributed by atoms with Gasteiger partial charge in [-0.15, -0.1) is 10.2 Å². The van der Waals surface area contributed by atoms with E-state index in [1.165, 1.54) is 23.3 Å². The van der Waals surface area contributed by atoms with Gasteiger partial charge in [0.2, 0.25) is 0 Å². The minimum absolute atomic E-state index is 0.0567. The van der Waals surface area contributed by atoms with Crippen molar-refractivity contribution in [1.29, 1.82) is 0 Å².